The van der Waals surface area contributed by atoms with Gasteiger partial charge in [0.1, 0.15) is 12.4 Å². The zero-order chi connectivity index (χ0) is 19.1. The summed E-state index contributed by atoms with van der Waals surface area (Å²) in [6, 6.07) is 11.1. The second kappa shape index (κ2) is 6.65. The van der Waals surface area contributed by atoms with Gasteiger partial charge in [0.15, 0.2) is 0 Å². The minimum absolute atomic E-state index is 0.195. The molecule has 28 heavy (non-hydrogen) atoms. The molecule has 1 aliphatic heterocycles. The third kappa shape index (κ3) is 2.87. The highest BCUT2D eigenvalue weighted by molar-refractivity contribution is 7.20. The van der Waals surface area contributed by atoms with Crippen molar-refractivity contribution in [3.05, 3.63) is 54.5 Å². The largest absolute Gasteiger partial charge is 0.491 e. The van der Waals surface area contributed by atoms with E-state index in [4.69, 9.17) is 9.47 Å². The number of thiazole rings is 1. The minimum Gasteiger partial charge on any atom is -0.491 e. The van der Waals surface area contributed by atoms with Crippen molar-refractivity contribution in [2.75, 3.05) is 19.0 Å². The molecule has 8 heteroatoms. The molecular formula is C20H16N4O3S. The summed E-state index contributed by atoms with van der Waals surface area (Å²) >= 11 is 1.46. The zero-order valence-corrected chi connectivity index (χ0v) is 15.8. The van der Waals surface area contributed by atoms with Crippen LogP contribution in [0, 0.1) is 0 Å². The monoisotopic (exact) mass is 392 g/mol. The fourth-order valence-electron chi connectivity index (χ4n) is 3.25. The lowest BCUT2D eigenvalue weighted by Gasteiger charge is -2.10. The van der Waals surface area contributed by atoms with E-state index in [0.29, 0.717) is 23.1 Å². The molecule has 1 aliphatic rings. The Hall–Kier alpha value is -3.39. The molecule has 0 radical (unpaired) electrons. The number of fused-ring (bicyclic) bond motifs is 4. The molecule has 0 unspecified atom stereocenters. The maximum Gasteiger partial charge on any atom is 0.274 e. The molecule has 4 aromatic rings. The minimum atomic E-state index is -0.195. The highest BCUT2D eigenvalue weighted by Crippen LogP contribution is 2.33. The Morgan fingerprint density at radius 3 is 3.11 bits per heavy atom. The van der Waals surface area contributed by atoms with Crippen LogP contribution < -0.4 is 14.8 Å². The summed E-state index contributed by atoms with van der Waals surface area (Å²) in [7, 11) is 1.59. The fourth-order valence-corrected chi connectivity index (χ4v) is 4.01. The van der Waals surface area contributed by atoms with E-state index in [2.05, 4.69) is 15.3 Å². The summed E-state index contributed by atoms with van der Waals surface area (Å²) in [5.74, 6) is 0.562. The van der Waals surface area contributed by atoms with E-state index < -0.39 is 0 Å². The number of carbonyl (C=O) groups excluding carboxylic acids is 1. The van der Waals surface area contributed by atoms with Gasteiger partial charge in [0.05, 0.1) is 42.1 Å². The van der Waals surface area contributed by atoms with Gasteiger partial charge in [-0.05, 0) is 36.4 Å². The van der Waals surface area contributed by atoms with Crippen LogP contribution in [0.5, 0.6) is 10.9 Å². The molecule has 2 aromatic carbocycles. The van der Waals surface area contributed by atoms with Crippen LogP contribution in [-0.4, -0.2) is 34.2 Å². The Bertz CT molecular complexity index is 1200. The van der Waals surface area contributed by atoms with E-state index >= 15 is 0 Å². The van der Waals surface area contributed by atoms with Crippen molar-refractivity contribution in [2.45, 2.75) is 6.54 Å². The van der Waals surface area contributed by atoms with Crippen LogP contribution in [0.15, 0.2) is 48.9 Å². The van der Waals surface area contributed by atoms with E-state index in [-0.39, 0.29) is 5.91 Å². The van der Waals surface area contributed by atoms with Gasteiger partial charge in [0.2, 0.25) is 0 Å². The molecule has 1 N–H and O–H groups in total. The predicted octanol–water partition coefficient (Wildman–Crippen LogP) is 3.81. The first-order chi connectivity index (χ1) is 13.7. The number of nitrogens with one attached hydrogen (secondary N) is 1. The maximum absolute atomic E-state index is 12.8. The van der Waals surface area contributed by atoms with E-state index in [1.54, 1.807) is 25.7 Å². The van der Waals surface area contributed by atoms with Crippen molar-refractivity contribution in [3.8, 4) is 22.2 Å². The highest BCUT2D eigenvalue weighted by atomic mass is 32.1. The van der Waals surface area contributed by atoms with Crippen molar-refractivity contribution in [2.24, 2.45) is 0 Å². The number of amides is 1. The van der Waals surface area contributed by atoms with Crippen LogP contribution >= 0.6 is 11.3 Å². The second-order valence-corrected chi connectivity index (χ2v) is 7.35. The second-order valence-electron chi connectivity index (χ2n) is 6.35. The number of aromatic nitrogens is 3. The third-order valence-corrected chi connectivity index (χ3v) is 5.62. The van der Waals surface area contributed by atoms with Gasteiger partial charge >= 0.3 is 0 Å². The molecular weight excluding hydrogens is 376 g/mol. The Morgan fingerprint density at radius 1 is 1.29 bits per heavy atom. The summed E-state index contributed by atoms with van der Waals surface area (Å²) in [6.45, 7) is 1.29. The van der Waals surface area contributed by atoms with E-state index in [1.807, 2.05) is 34.9 Å². The number of hydrogen-bond acceptors (Lipinski definition) is 6. The number of ether oxygens (including phenoxy) is 2. The van der Waals surface area contributed by atoms with Gasteiger partial charge in [-0.25, -0.2) is 9.97 Å². The highest BCUT2D eigenvalue weighted by Gasteiger charge is 2.18. The van der Waals surface area contributed by atoms with Gasteiger partial charge in [-0.3, -0.25) is 4.79 Å². The Balaban J connectivity index is 1.45. The van der Waals surface area contributed by atoms with Crippen LogP contribution in [0.2, 0.25) is 0 Å². The zero-order valence-electron chi connectivity index (χ0n) is 15.0. The van der Waals surface area contributed by atoms with Crippen molar-refractivity contribution >= 4 is 33.1 Å². The molecule has 3 heterocycles. The lowest BCUT2D eigenvalue weighted by molar-refractivity contribution is 0.102. The topological polar surface area (TPSA) is 78.3 Å². The normalized spacial score (nSPS) is 12.6. The molecule has 0 bridgehead atoms. The molecule has 1 amide bonds. The Morgan fingerprint density at radius 2 is 2.21 bits per heavy atom. The first kappa shape index (κ1) is 16.8. The Kier molecular flexibility index (Phi) is 3.98. The summed E-state index contributed by atoms with van der Waals surface area (Å²) in [6.07, 6.45) is 3.57. The summed E-state index contributed by atoms with van der Waals surface area (Å²) in [5, 5.41) is 3.54. The third-order valence-electron chi connectivity index (χ3n) is 4.62. The van der Waals surface area contributed by atoms with Gasteiger partial charge in [0, 0.05) is 16.8 Å². The van der Waals surface area contributed by atoms with Crippen molar-refractivity contribution in [3.63, 3.8) is 0 Å². The lowest BCUT2D eigenvalue weighted by atomic mass is 10.1. The van der Waals surface area contributed by atoms with Gasteiger partial charge in [0.25, 0.3) is 11.1 Å². The molecule has 5 rings (SSSR count). The number of nitrogens with zero attached hydrogens (tertiary/aromatic N) is 3. The number of anilines is 1. The van der Waals surface area contributed by atoms with E-state index in [0.717, 1.165) is 33.8 Å². The smallest absolute Gasteiger partial charge is 0.274 e. The predicted molar refractivity (Wildman–Crippen MR) is 107 cm³/mol. The quantitative estimate of drug-likeness (QED) is 0.574. The number of carbonyl (C=O) groups is 1. The number of methoxy groups -OCH3 is 1. The average Bonchev–Trinajstić information content (AvgIpc) is 3.30. The Labute approximate surface area is 164 Å². The molecule has 0 atom stereocenters. The van der Waals surface area contributed by atoms with Crippen LogP contribution in [0.1, 0.15) is 10.4 Å². The molecule has 0 aliphatic carbocycles. The first-order valence-electron chi connectivity index (χ1n) is 8.74. The van der Waals surface area contributed by atoms with Crippen LogP contribution in [-0.2, 0) is 6.54 Å². The molecule has 0 fully saturated rings. The van der Waals surface area contributed by atoms with Gasteiger partial charge in [-0.2, -0.15) is 0 Å². The van der Waals surface area contributed by atoms with E-state index in [1.165, 1.54) is 11.3 Å². The van der Waals surface area contributed by atoms with Crippen LogP contribution in [0.3, 0.4) is 0 Å². The molecule has 0 spiro atoms. The number of imidazole rings is 1. The average molecular weight is 392 g/mol. The molecule has 140 valence electrons. The van der Waals surface area contributed by atoms with Gasteiger partial charge in [-0.1, -0.05) is 11.3 Å². The van der Waals surface area contributed by atoms with Gasteiger partial charge in [-0.15, -0.1) is 0 Å². The first-order valence-corrected chi connectivity index (χ1v) is 9.56. The van der Waals surface area contributed by atoms with Crippen molar-refractivity contribution in [1.82, 2.24) is 14.5 Å². The molecule has 2 aromatic heterocycles. The molecule has 0 saturated carbocycles. The summed E-state index contributed by atoms with van der Waals surface area (Å²) in [5.41, 5.74) is 3.83. The van der Waals surface area contributed by atoms with Crippen molar-refractivity contribution < 1.29 is 14.3 Å². The fraction of sp³-hybridized carbons (Fsp3) is 0.150. The van der Waals surface area contributed by atoms with Gasteiger partial charge < -0.3 is 19.4 Å². The number of rotatable bonds is 3. The lowest BCUT2D eigenvalue weighted by Crippen LogP contribution is -2.12. The number of hydrogen-bond donors (Lipinski definition) is 1. The maximum atomic E-state index is 12.8. The standard InChI is InChI=1S/C20H16N4O3S/c1-26-20-23-15-9-13(3-5-18(15)28-20)22-19(25)12-2-4-17-14(8-12)16-10-21-11-24(16)6-7-27-17/h2-5,8-11H,6-7H2,1H3,(H,22,25). The number of benzene rings is 2. The summed E-state index contributed by atoms with van der Waals surface area (Å²) < 4.78 is 14.0. The van der Waals surface area contributed by atoms with Crippen LogP contribution in [0.25, 0.3) is 21.5 Å². The van der Waals surface area contributed by atoms with Crippen LogP contribution in [0.4, 0.5) is 5.69 Å². The molecule has 7 nitrogen and oxygen atoms in total. The molecule has 0 saturated heterocycles. The SMILES string of the molecule is COc1nc2cc(NC(=O)c3ccc4c(c3)-c3cncn3CCO4)ccc2s1. The van der Waals surface area contributed by atoms with E-state index in [9.17, 15) is 4.79 Å². The van der Waals surface area contributed by atoms with Crippen molar-refractivity contribution in [1.29, 1.82) is 0 Å². The summed E-state index contributed by atoms with van der Waals surface area (Å²) in [4.78, 5) is 21.4.